The van der Waals surface area contributed by atoms with Crippen molar-refractivity contribution in [3.63, 3.8) is 0 Å². The summed E-state index contributed by atoms with van der Waals surface area (Å²) in [5.41, 5.74) is 11.2. The van der Waals surface area contributed by atoms with Crippen LogP contribution < -0.4 is 28.9 Å². The van der Waals surface area contributed by atoms with Gasteiger partial charge in [-0.05, 0) is 101 Å². The number of rotatable bonds is 14. The molecule has 2 fully saturated rings. The molecule has 3 heterocycles. The summed E-state index contributed by atoms with van der Waals surface area (Å²) in [4.78, 5) is 20.7. The van der Waals surface area contributed by atoms with E-state index in [0.717, 1.165) is 103 Å². The van der Waals surface area contributed by atoms with Crippen LogP contribution in [0.15, 0.2) is 152 Å². The fourth-order valence-corrected chi connectivity index (χ4v) is 11.7. The van der Waals surface area contributed by atoms with Crippen LogP contribution in [0.2, 0.25) is 0 Å². The van der Waals surface area contributed by atoms with Crippen LogP contribution in [0.5, 0.6) is 17.2 Å². The second-order valence-electron chi connectivity index (χ2n) is 20.2. The zero-order chi connectivity index (χ0) is 48.5. The number of piperidine rings is 1. The molecule has 0 saturated carbocycles. The normalized spacial score (nSPS) is 18.1. The van der Waals surface area contributed by atoms with Crippen LogP contribution in [-0.2, 0) is 15.8 Å². The van der Waals surface area contributed by atoms with Gasteiger partial charge in [-0.3, -0.25) is 0 Å². The molecule has 4 aliphatic rings. The van der Waals surface area contributed by atoms with Gasteiger partial charge in [0.25, 0.3) is 0 Å². The minimum absolute atomic E-state index is 0.186. The van der Waals surface area contributed by atoms with Gasteiger partial charge in [0, 0.05) is 91.0 Å². The Kier molecular flexibility index (Phi) is 12.7. The molecule has 3 aliphatic heterocycles. The minimum atomic E-state index is -0.898. The summed E-state index contributed by atoms with van der Waals surface area (Å²) in [6, 6.07) is 51.2. The summed E-state index contributed by atoms with van der Waals surface area (Å²) in [5, 5.41) is 2.15. The topological polar surface area (TPSA) is 63.7 Å². The molecule has 0 N–H and O–H groups in total. The molecule has 11 rings (SSSR count). The number of benzene rings is 7. The first-order chi connectivity index (χ1) is 34.8. The first kappa shape index (κ1) is 46.2. The lowest BCUT2D eigenvalue weighted by molar-refractivity contribution is 0.0244. The Bertz CT molecular complexity index is 3040. The monoisotopic (exact) mass is 943 g/mol. The van der Waals surface area contributed by atoms with Gasteiger partial charge in [0.2, 0.25) is 0 Å². The first-order valence-corrected chi connectivity index (χ1v) is 25.9. The molecule has 362 valence electrons. The Morgan fingerprint density at radius 1 is 0.676 bits per heavy atom. The molecule has 7 aromatic rings. The molecular formula is C63H65N3O5. The van der Waals surface area contributed by atoms with E-state index in [1.807, 2.05) is 24.3 Å². The predicted octanol–water partition coefficient (Wildman–Crippen LogP) is 13.6. The van der Waals surface area contributed by atoms with E-state index >= 15 is 0 Å². The average Bonchev–Trinajstić information content (AvgIpc) is 3.67. The highest BCUT2D eigenvalue weighted by Gasteiger charge is 2.45. The Morgan fingerprint density at radius 3 is 2.01 bits per heavy atom. The minimum Gasteiger partial charge on any atom is -0.495 e. The van der Waals surface area contributed by atoms with Crippen LogP contribution in [0.25, 0.3) is 28.0 Å². The van der Waals surface area contributed by atoms with Gasteiger partial charge in [0.05, 0.1) is 25.0 Å². The Labute approximate surface area is 419 Å². The fraction of sp³-hybridized carbons (Fsp3) is 0.317. The maximum atomic E-state index is 13.4. The van der Waals surface area contributed by atoms with Gasteiger partial charge in [0.1, 0.15) is 23.4 Å². The molecule has 0 spiro atoms. The summed E-state index contributed by atoms with van der Waals surface area (Å²) in [7, 11) is 1.76. The number of anilines is 3. The smallest absolute Gasteiger partial charge is 0.338 e. The number of ether oxygens (including phenoxy) is 4. The Hall–Kier alpha value is -7.19. The average molecular weight is 944 g/mol. The maximum Gasteiger partial charge on any atom is 0.338 e. The largest absolute Gasteiger partial charge is 0.495 e. The van der Waals surface area contributed by atoms with Crippen LogP contribution in [0, 0.1) is 0 Å². The van der Waals surface area contributed by atoms with Crippen molar-refractivity contribution in [2.75, 3.05) is 67.7 Å². The van der Waals surface area contributed by atoms with Crippen LogP contribution in [0.3, 0.4) is 0 Å². The van der Waals surface area contributed by atoms with E-state index in [1.165, 1.54) is 46.5 Å². The first-order valence-electron chi connectivity index (χ1n) is 25.9. The molecule has 8 heteroatoms. The number of fused-ring (bicyclic) bond motifs is 8. The molecule has 0 amide bonds. The lowest BCUT2D eigenvalue weighted by Gasteiger charge is -2.39. The van der Waals surface area contributed by atoms with Crippen molar-refractivity contribution in [1.82, 2.24) is 0 Å². The lowest BCUT2D eigenvalue weighted by atomic mass is 9.76. The molecule has 1 atom stereocenters. The van der Waals surface area contributed by atoms with Gasteiger partial charge in [-0.1, -0.05) is 131 Å². The lowest BCUT2D eigenvalue weighted by Crippen LogP contribution is -2.46. The number of carbonyl (C=O) groups is 1. The molecule has 1 aliphatic carbocycles. The second kappa shape index (κ2) is 19.5. The quantitative estimate of drug-likeness (QED) is 0.0789. The highest BCUT2D eigenvalue weighted by molar-refractivity contribution is 6.10. The van der Waals surface area contributed by atoms with Crippen molar-refractivity contribution < 1.29 is 23.7 Å². The summed E-state index contributed by atoms with van der Waals surface area (Å²) in [6.07, 6.45) is 10.5. The summed E-state index contributed by atoms with van der Waals surface area (Å²) in [6.45, 7) is 12.9. The van der Waals surface area contributed by atoms with Gasteiger partial charge >= 0.3 is 5.97 Å². The second-order valence-corrected chi connectivity index (χ2v) is 20.2. The number of nitrogens with zero attached hydrogens (tertiary/aromatic N) is 3. The maximum absolute atomic E-state index is 13.4. The predicted molar refractivity (Wildman–Crippen MR) is 289 cm³/mol. The van der Waals surface area contributed by atoms with E-state index < -0.39 is 5.60 Å². The fourth-order valence-electron chi connectivity index (χ4n) is 11.7. The van der Waals surface area contributed by atoms with E-state index in [1.54, 1.807) is 7.11 Å². The van der Waals surface area contributed by atoms with Crippen molar-refractivity contribution >= 4 is 39.9 Å². The van der Waals surface area contributed by atoms with Crippen molar-refractivity contribution in [3.05, 3.63) is 185 Å². The number of unbranched alkanes of at least 4 members (excludes halogenated alkanes) is 3. The number of para-hydroxylation sites is 1. The molecular weight excluding hydrogens is 879 g/mol. The SMILES string of the molecule is CCCCCCOc1ccc(C(=O)OC2CCN(c3cc4c5c(c6c(c4cc3OC)OC(c3ccccc3)(c3ccc(N4CCN(c7ccccc7)CC4)cc3)C=C6)C(C)(C)c3ccccc3-5)CC2)cc1. The Balaban J connectivity index is 0.903. The van der Waals surface area contributed by atoms with E-state index in [0.29, 0.717) is 25.0 Å². The van der Waals surface area contributed by atoms with Gasteiger partial charge in [-0.15, -0.1) is 0 Å². The van der Waals surface area contributed by atoms with Gasteiger partial charge in [-0.2, -0.15) is 0 Å². The van der Waals surface area contributed by atoms with Crippen LogP contribution in [-0.4, -0.2) is 65.1 Å². The van der Waals surface area contributed by atoms with Crippen molar-refractivity contribution in [1.29, 1.82) is 0 Å². The third kappa shape index (κ3) is 8.66. The summed E-state index contributed by atoms with van der Waals surface area (Å²) >= 11 is 0. The molecule has 2 saturated heterocycles. The van der Waals surface area contributed by atoms with Crippen molar-refractivity contribution in [3.8, 4) is 28.4 Å². The standard InChI is InChI=1S/C63H65N3O5/c1-5-6-7-16-41-69-49-29-23-44(24-30-49)61(67)70-50-32-35-66(36-33-50)56-42-53-54(43-57(56)68-4)60-52(59-58(53)51-21-14-15-22-55(51)62(59,2)3)31-34-63(71-60,45-17-10-8-11-18-45)46-25-27-48(28-26-46)65-39-37-64(38-40-65)47-19-12-9-13-20-47/h8-15,17-31,34,42-43,50H,5-7,16,32-33,35-41H2,1-4H3. The Morgan fingerprint density at radius 2 is 1.32 bits per heavy atom. The van der Waals surface area contributed by atoms with E-state index in [-0.39, 0.29) is 17.5 Å². The number of hydrogen-bond acceptors (Lipinski definition) is 8. The number of carbonyl (C=O) groups excluding carboxylic acids is 1. The number of esters is 1. The zero-order valence-electron chi connectivity index (χ0n) is 41.7. The summed E-state index contributed by atoms with van der Waals surface area (Å²) in [5.74, 6) is 2.13. The van der Waals surface area contributed by atoms with E-state index in [2.05, 4.69) is 169 Å². The molecule has 8 nitrogen and oxygen atoms in total. The zero-order valence-corrected chi connectivity index (χ0v) is 41.7. The molecule has 71 heavy (non-hydrogen) atoms. The molecule has 0 radical (unpaired) electrons. The van der Waals surface area contributed by atoms with E-state index in [4.69, 9.17) is 18.9 Å². The third-order valence-electron chi connectivity index (χ3n) is 15.5. The highest BCUT2D eigenvalue weighted by atomic mass is 16.5. The van der Waals surface area contributed by atoms with Gasteiger partial charge in [-0.25, -0.2) is 4.79 Å². The highest BCUT2D eigenvalue weighted by Crippen LogP contribution is 2.59. The molecule has 0 bridgehead atoms. The molecule has 1 unspecified atom stereocenters. The summed E-state index contributed by atoms with van der Waals surface area (Å²) < 4.78 is 26.1. The van der Waals surface area contributed by atoms with Gasteiger partial charge in [0.15, 0.2) is 5.60 Å². The van der Waals surface area contributed by atoms with Crippen molar-refractivity contribution in [2.45, 2.75) is 76.4 Å². The van der Waals surface area contributed by atoms with Crippen LogP contribution >= 0.6 is 0 Å². The van der Waals surface area contributed by atoms with Crippen LogP contribution in [0.4, 0.5) is 17.1 Å². The third-order valence-corrected chi connectivity index (χ3v) is 15.5. The molecule has 0 aromatic heterocycles. The number of hydrogen-bond donors (Lipinski definition) is 0. The van der Waals surface area contributed by atoms with E-state index in [9.17, 15) is 4.79 Å². The molecule has 7 aromatic carbocycles. The van der Waals surface area contributed by atoms with Crippen LogP contribution in [0.1, 0.15) is 97.5 Å². The van der Waals surface area contributed by atoms with Crippen molar-refractivity contribution in [2.24, 2.45) is 0 Å². The number of methoxy groups -OCH3 is 1. The van der Waals surface area contributed by atoms with Gasteiger partial charge < -0.3 is 33.6 Å². The number of piperazine rings is 1.